The van der Waals surface area contributed by atoms with E-state index >= 15 is 0 Å². The Kier molecular flexibility index (Phi) is 5.61. The van der Waals surface area contributed by atoms with Crippen LogP contribution in [0.3, 0.4) is 0 Å². The molecule has 0 heterocycles. The van der Waals surface area contributed by atoms with Crippen LogP contribution in [0.5, 0.6) is 0 Å². The van der Waals surface area contributed by atoms with E-state index in [2.05, 4.69) is 5.32 Å². The van der Waals surface area contributed by atoms with E-state index < -0.39 is 16.0 Å². The van der Waals surface area contributed by atoms with E-state index in [0.29, 0.717) is 10.8 Å². The fourth-order valence-corrected chi connectivity index (χ4v) is 3.58. The van der Waals surface area contributed by atoms with Crippen LogP contribution >= 0.6 is 11.6 Å². The highest BCUT2D eigenvalue weighted by Gasteiger charge is 2.24. The lowest BCUT2D eigenvalue weighted by atomic mass is 10.2. The van der Waals surface area contributed by atoms with E-state index in [0.717, 1.165) is 18.4 Å². The van der Waals surface area contributed by atoms with Crippen LogP contribution in [0.4, 0.5) is 0 Å². The minimum atomic E-state index is -1.21. The lowest BCUT2D eigenvalue weighted by Gasteiger charge is -2.16. The first-order valence-electron chi connectivity index (χ1n) is 6.98. The molecule has 1 N–H and O–H groups in total. The van der Waals surface area contributed by atoms with E-state index in [9.17, 15) is 9.00 Å². The molecule has 0 aliphatic heterocycles. The van der Waals surface area contributed by atoms with Gasteiger partial charge in [-0.25, -0.2) is 0 Å². The maximum absolute atomic E-state index is 12.2. The van der Waals surface area contributed by atoms with Crippen LogP contribution in [-0.4, -0.2) is 21.4 Å². The molecule has 1 aliphatic rings. The number of rotatable bonds is 5. The van der Waals surface area contributed by atoms with Crippen LogP contribution in [0.2, 0.25) is 5.02 Å². The Hall–Kier alpha value is -0.870. The topological polar surface area (TPSA) is 46.2 Å². The van der Waals surface area contributed by atoms with E-state index in [1.54, 1.807) is 19.1 Å². The molecule has 1 aromatic rings. The number of nitrogens with one attached hydrogen (secondary N) is 1. The molecule has 1 aromatic carbocycles. The van der Waals surface area contributed by atoms with Crippen LogP contribution in [0, 0.1) is 0 Å². The van der Waals surface area contributed by atoms with E-state index in [-0.39, 0.29) is 11.9 Å². The summed E-state index contributed by atoms with van der Waals surface area (Å²) in [5, 5.41) is 3.18. The van der Waals surface area contributed by atoms with Crippen LogP contribution in [0.15, 0.2) is 24.3 Å². The van der Waals surface area contributed by atoms with Gasteiger partial charge in [0.15, 0.2) is 0 Å². The fraction of sp³-hybridized carbons (Fsp3) is 0.533. The molecule has 0 saturated heterocycles. The second kappa shape index (κ2) is 7.23. The highest BCUT2D eigenvalue weighted by molar-refractivity contribution is 7.85. The first-order valence-corrected chi connectivity index (χ1v) is 8.74. The molecule has 5 heteroatoms. The molecule has 1 fully saturated rings. The molecule has 2 rings (SSSR count). The monoisotopic (exact) mass is 313 g/mol. The summed E-state index contributed by atoms with van der Waals surface area (Å²) in [4.78, 5) is 12.1. The van der Waals surface area contributed by atoms with Gasteiger partial charge in [0.25, 0.3) is 0 Å². The second-order valence-corrected chi connectivity index (χ2v) is 7.48. The standard InChI is InChI=1S/C15H20ClNO2S/c1-11(15(18)17-14-4-2-3-5-14)20(19)10-12-6-8-13(16)9-7-12/h6-9,11,14H,2-5,10H2,1H3,(H,17,18)/t11-,20-/m0/s1. The molecule has 3 nitrogen and oxygen atoms in total. The van der Waals surface area contributed by atoms with Crippen LogP contribution in [-0.2, 0) is 21.3 Å². The predicted octanol–water partition coefficient (Wildman–Crippen LogP) is 3.04. The molecule has 0 aromatic heterocycles. The first-order chi connectivity index (χ1) is 9.56. The van der Waals surface area contributed by atoms with Crippen molar-refractivity contribution in [2.45, 2.75) is 49.7 Å². The van der Waals surface area contributed by atoms with Gasteiger partial charge in [0, 0.05) is 27.6 Å². The summed E-state index contributed by atoms with van der Waals surface area (Å²) >= 11 is 5.82. The van der Waals surface area contributed by atoms with Gasteiger partial charge in [-0.1, -0.05) is 36.6 Å². The van der Waals surface area contributed by atoms with Gasteiger partial charge in [0.05, 0.1) is 0 Å². The Morgan fingerprint density at radius 2 is 1.95 bits per heavy atom. The molecule has 0 radical (unpaired) electrons. The summed E-state index contributed by atoms with van der Waals surface area (Å²) in [7, 11) is -1.21. The minimum Gasteiger partial charge on any atom is -0.352 e. The molecule has 1 amide bonds. The summed E-state index contributed by atoms with van der Waals surface area (Å²) in [5.74, 6) is 0.292. The molecule has 1 aliphatic carbocycles. The number of halogens is 1. The van der Waals surface area contributed by atoms with Crippen molar-refractivity contribution in [3.05, 3.63) is 34.9 Å². The second-order valence-electron chi connectivity index (χ2n) is 5.28. The molecule has 0 unspecified atom stereocenters. The van der Waals surface area contributed by atoms with Crippen molar-refractivity contribution in [2.75, 3.05) is 0 Å². The number of hydrogen-bond acceptors (Lipinski definition) is 2. The molecular formula is C15H20ClNO2S. The number of carbonyl (C=O) groups excluding carboxylic acids is 1. The number of hydrogen-bond donors (Lipinski definition) is 1. The summed E-state index contributed by atoms with van der Waals surface area (Å²) in [5.41, 5.74) is 0.938. The Morgan fingerprint density at radius 3 is 2.55 bits per heavy atom. The fourth-order valence-electron chi connectivity index (χ4n) is 2.38. The van der Waals surface area contributed by atoms with E-state index in [4.69, 9.17) is 11.6 Å². The Labute approximate surface area is 127 Å². The zero-order valence-corrected chi connectivity index (χ0v) is 13.2. The van der Waals surface area contributed by atoms with Gasteiger partial charge in [-0.3, -0.25) is 9.00 Å². The molecule has 0 bridgehead atoms. The third-order valence-corrected chi connectivity index (χ3v) is 5.56. The van der Waals surface area contributed by atoms with Gasteiger partial charge in [-0.15, -0.1) is 0 Å². The van der Waals surface area contributed by atoms with Gasteiger partial charge >= 0.3 is 0 Å². The summed E-state index contributed by atoms with van der Waals surface area (Å²) in [6, 6.07) is 7.52. The third kappa shape index (κ3) is 4.32. The average Bonchev–Trinajstić information content (AvgIpc) is 2.93. The Bertz CT molecular complexity index is 483. The highest BCUT2D eigenvalue weighted by atomic mass is 35.5. The molecule has 0 spiro atoms. The van der Waals surface area contributed by atoms with Gasteiger partial charge < -0.3 is 5.32 Å². The van der Waals surface area contributed by atoms with Crippen molar-refractivity contribution >= 4 is 28.3 Å². The molecule has 110 valence electrons. The van der Waals surface area contributed by atoms with Crippen molar-refractivity contribution in [2.24, 2.45) is 0 Å². The third-order valence-electron chi connectivity index (χ3n) is 3.69. The maximum atomic E-state index is 12.2. The summed E-state index contributed by atoms with van der Waals surface area (Å²) in [6.45, 7) is 1.73. The van der Waals surface area contributed by atoms with Crippen molar-refractivity contribution in [1.29, 1.82) is 0 Å². The SMILES string of the molecule is C[C@@H](C(=O)NC1CCCC1)[S@@](=O)Cc1ccc(Cl)cc1. The van der Waals surface area contributed by atoms with Crippen molar-refractivity contribution < 1.29 is 9.00 Å². The lowest BCUT2D eigenvalue weighted by Crippen LogP contribution is -2.40. The summed E-state index contributed by atoms with van der Waals surface area (Å²) in [6.07, 6.45) is 4.44. The summed E-state index contributed by atoms with van der Waals surface area (Å²) < 4.78 is 12.2. The Morgan fingerprint density at radius 1 is 1.35 bits per heavy atom. The molecular weight excluding hydrogens is 294 g/mol. The maximum Gasteiger partial charge on any atom is 0.235 e. The van der Waals surface area contributed by atoms with E-state index in [1.807, 2.05) is 12.1 Å². The van der Waals surface area contributed by atoms with Crippen LogP contribution in [0.25, 0.3) is 0 Å². The van der Waals surface area contributed by atoms with Crippen molar-refractivity contribution in [3.63, 3.8) is 0 Å². The quantitative estimate of drug-likeness (QED) is 0.908. The normalized spacial score (nSPS) is 18.7. The van der Waals surface area contributed by atoms with Crippen molar-refractivity contribution in [1.82, 2.24) is 5.32 Å². The number of benzene rings is 1. The predicted molar refractivity (Wildman–Crippen MR) is 83.2 cm³/mol. The Balaban J connectivity index is 1.87. The van der Waals surface area contributed by atoms with Gasteiger partial charge in [0.1, 0.15) is 5.25 Å². The van der Waals surface area contributed by atoms with E-state index in [1.165, 1.54) is 12.8 Å². The smallest absolute Gasteiger partial charge is 0.235 e. The van der Waals surface area contributed by atoms with Crippen LogP contribution < -0.4 is 5.32 Å². The van der Waals surface area contributed by atoms with Crippen molar-refractivity contribution in [3.8, 4) is 0 Å². The van der Waals surface area contributed by atoms with Gasteiger partial charge in [0.2, 0.25) is 5.91 Å². The number of carbonyl (C=O) groups is 1. The average molecular weight is 314 g/mol. The first kappa shape index (κ1) is 15.5. The minimum absolute atomic E-state index is 0.0933. The van der Waals surface area contributed by atoms with Gasteiger partial charge in [-0.05, 0) is 37.5 Å². The molecule has 1 saturated carbocycles. The number of amides is 1. The van der Waals surface area contributed by atoms with Gasteiger partial charge in [-0.2, -0.15) is 0 Å². The van der Waals surface area contributed by atoms with Crippen LogP contribution in [0.1, 0.15) is 38.2 Å². The zero-order valence-electron chi connectivity index (χ0n) is 11.6. The highest BCUT2D eigenvalue weighted by Crippen LogP contribution is 2.18. The molecule has 2 atom stereocenters. The largest absolute Gasteiger partial charge is 0.352 e. The zero-order chi connectivity index (χ0) is 14.5. The lowest BCUT2D eigenvalue weighted by molar-refractivity contribution is -0.121. The molecule has 20 heavy (non-hydrogen) atoms.